The Morgan fingerprint density at radius 3 is 2.53 bits per heavy atom. The molecule has 0 bridgehead atoms. The van der Waals surface area contributed by atoms with Crippen LogP contribution in [0.4, 0.5) is 5.69 Å². The van der Waals surface area contributed by atoms with E-state index in [4.69, 9.17) is 28.2 Å². The van der Waals surface area contributed by atoms with Crippen LogP contribution in [0.3, 0.4) is 0 Å². The van der Waals surface area contributed by atoms with Crippen molar-refractivity contribution in [3.05, 3.63) is 76.3 Å². The van der Waals surface area contributed by atoms with E-state index in [0.717, 1.165) is 38.6 Å². The van der Waals surface area contributed by atoms with Gasteiger partial charge in [-0.05, 0) is 67.4 Å². The molecule has 0 amide bonds. The van der Waals surface area contributed by atoms with Crippen molar-refractivity contribution in [1.29, 1.82) is 10.8 Å². The van der Waals surface area contributed by atoms with Gasteiger partial charge in [0.2, 0.25) is 0 Å². The molecule has 3 aromatic carbocycles. The summed E-state index contributed by atoms with van der Waals surface area (Å²) in [5.74, 6) is 0.257. The second kappa shape index (κ2) is 8.08. The molecule has 152 valence electrons. The number of hydrogen-bond donors (Lipinski definition) is 6. The van der Waals surface area contributed by atoms with Gasteiger partial charge < -0.3 is 21.4 Å². The molecule has 1 aromatic heterocycles. The number of aromatic nitrogens is 1. The van der Waals surface area contributed by atoms with E-state index in [1.54, 1.807) is 12.1 Å². The lowest BCUT2D eigenvalue weighted by atomic mass is 10.0. The highest BCUT2D eigenvalue weighted by atomic mass is 35.5. The minimum atomic E-state index is -0.0442. The van der Waals surface area contributed by atoms with Crippen molar-refractivity contribution in [1.82, 2.24) is 10.3 Å². The van der Waals surface area contributed by atoms with Gasteiger partial charge in [0.1, 0.15) is 5.84 Å². The van der Waals surface area contributed by atoms with E-state index >= 15 is 0 Å². The first-order chi connectivity index (χ1) is 14.4. The first-order valence-corrected chi connectivity index (χ1v) is 10.0. The number of aryl methyl sites for hydroxylation is 1. The fraction of sp³-hybridized carbons (Fsp3) is 0.130. The fourth-order valence-electron chi connectivity index (χ4n) is 3.62. The third kappa shape index (κ3) is 4.09. The Bertz CT molecular complexity index is 1260. The average molecular weight is 419 g/mol. The normalized spacial score (nSPS) is 11.0. The van der Waals surface area contributed by atoms with Gasteiger partial charge in [0, 0.05) is 44.6 Å². The number of nitrogens with one attached hydrogen (secondary N) is 5. The van der Waals surface area contributed by atoms with Gasteiger partial charge in [-0.25, -0.2) is 0 Å². The molecule has 4 rings (SSSR count). The molecule has 0 fully saturated rings. The molecule has 0 saturated carbocycles. The van der Waals surface area contributed by atoms with Gasteiger partial charge in [0.05, 0.1) is 0 Å². The summed E-state index contributed by atoms with van der Waals surface area (Å²) in [4.78, 5) is 3.52. The highest BCUT2D eigenvalue weighted by Crippen LogP contribution is 2.32. The molecule has 0 unspecified atom stereocenters. The van der Waals surface area contributed by atoms with Gasteiger partial charge in [-0.3, -0.25) is 10.8 Å². The maximum Gasteiger partial charge on any atom is 0.185 e. The Morgan fingerprint density at radius 2 is 1.80 bits per heavy atom. The number of rotatable bonds is 5. The molecule has 7 heteroatoms. The molecular weight excluding hydrogens is 396 g/mol. The van der Waals surface area contributed by atoms with Crippen molar-refractivity contribution in [2.75, 3.05) is 11.9 Å². The summed E-state index contributed by atoms with van der Waals surface area (Å²) < 4.78 is 0. The topological polar surface area (TPSA) is 114 Å². The van der Waals surface area contributed by atoms with Crippen LogP contribution in [-0.2, 0) is 6.42 Å². The Balaban J connectivity index is 1.75. The molecule has 0 radical (unpaired) electrons. The van der Waals surface area contributed by atoms with Crippen LogP contribution in [0.2, 0.25) is 5.02 Å². The molecule has 0 aliphatic carbocycles. The van der Waals surface area contributed by atoms with Crippen LogP contribution in [0.5, 0.6) is 0 Å². The summed E-state index contributed by atoms with van der Waals surface area (Å²) >= 11 is 5.96. The molecule has 0 saturated heterocycles. The van der Waals surface area contributed by atoms with E-state index in [1.807, 2.05) is 18.2 Å². The number of guanidine groups is 1. The number of fused-ring (bicyclic) bond motifs is 3. The van der Waals surface area contributed by atoms with Crippen molar-refractivity contribution in [2.24, 2.45) is 5.73 Å². The van der Waals surface area contributed by atoms with E-state index in [1.165, 1.54) is 5.56 Å². The summed E-state index contributed by atoms with van der Waals surface area (Å²) in [7, 11) is 0. The minimum absolute atomic E-state index is 0.0442. The Morgan fingerprint density at radius 1 is 1.03 bits per heavy atom. The quantitative estimate of drug-likeness (QED) is 0.208. The van der Waals surface area contributed by atoms with Crippen LogP contribution in [-0.4, -0.2) is 23.3 Å². The third-order valence-electron chi connectivity index (χ3n) is 5.06. The number of amidine groups is 1. The van der Waals surface area contributed by atoms with Gasteiger partial charge in [0.25, 0.3) is 0 Å². The van der Waals surface area contributed by atoms with Crippen LogP contribution in [0.15, 0.2) is 54.6 Å². The van der Waals surface area contributed by atoms with Crippen molar-refractivity contribution in [2.45, 2.75) is 13.3 Å². The zero-order chi connectivity index (χ0) is 21.3. The molecule has 0 aliphatic rings. The van der Waals surface area contributed by atoms with Gasteiger partial charge in [-0.1, -0.05) is 23.2 Å². The highest BCUT2D eigenvalue weighted by molar-refractivity contribution is 6.30. The zero-order valence-corrected chi connectivity index (χ0v) is 17.3. The molecule has 0 aliphatic heterocycles. The third-order valence-corrected chi connectivity index (χ3v) is 5.31. The SMILES string of the molecule is Cc1ccc2[nH]c3c(CCNC(=N)N)cc(NC(=N)c4ccc(Cl)cc4)cc3c2c1. The fourth-order valence-corrected chi connectivity index (χ4v) is 3.75. The zero-order valence-electron chi connectivity index (χ0n) is 16.6. The van der Waals surface area contributed by atoms with E-state index in [2.05, 4.69) is 46.8 Å². The summed E-state index contributed by atoms with van der Waals surface area (Å²) in [5.41, 5.74) is 11.4. The van der Waals surface area contributed by atoms with E-state index < -0.39 is 0 Å². The van der Waals surface area contributed by atoms with Gasteiger partial charge in [-0.15, -0.1) is 0 Å². The van der Waals surface area contributed by atoms with Gasteiger partial charge in [-0.2, -0.15) is 0 Å². The number of anilines is 1. The van der Waals surface area contributed by atoms with Crippen LogP contribution < -0.4 is 16.4 Å². The molecule has 0 spiro atoms. The van der Waals surface area contributed by atoms with Crippen molar-refractivity contribution >= 4 is 50.9 Å². The van der Waals surface area contributed by atoms with Crippen molar-refractivity contribution < 1.29 is 0 Å². The molecule has 6 nitrogen and oxygen atoms in total. The standard InChI is InChI=1S/C23H23ClN6/c1-13-2-7-20-18(10-13)19-12-17(29-22(25)14-3-5-16(24)6-4-14)11-15(21(19)30-20)8-9-28-23(26)27/h2-7,10-12,30H,8-9H2,1H3,(H2,25,29)(H4,26,27,28). The van der Waals surface area contributed by atoms with Crippen LogP contribution in [0.1, 0.15) is 16.7 Å². The molecule has 4 aromatic rings. The Labute approximate surface area is 179 Å². The maximum absolute atomic E-state index is 8.45. The van der Waals surface area contributed by atoms with Crippen molar-refractivity contribution in [3.8, 4) is 0 Å². The van der Waals surface area contributed by atoms with Crippen LogP contribution >= 0.6 is 11.6 Å². The summed E-state index contributed by atoms with van der Waals surface area (Å²) in [5, 5.41) is 24.8. The summed E-state index contributed by atoms with van der Waals surface area (Å²) in [6.07, 6.45) is 0.686. The monoisotopic (exact) mass is 418 g/mol. The second-order valence-corrected chi connectivity index (χ2v) is 7.77. The van der Waals surface area contributed by atoms with Crippen LogP contribution in [0.25, 0.3) is 21.8 Å². The maximum atomic E-state index is 8.45. The Kier molecular flexibility index (Phi) is 5.33. The molecule has 0 atom stereocenters. The van der Waals surface area contributed by atoms with Crippen LogP contribution in [0, 0.1) is 17.7 Å². The number of halogens is 1. The van der Waals surface area contributed by atoms with Gasteiger partial charge in [0.15, 0.2) is 5.96 Å². The highest BCUT2D eigenvalue weighted by Gasteiger charge is 2.12. The predicted molar refractivity (Wildman–Crippen MR) is 126 cm³/mol. The second-order valence-electron chi connectivity index (χ2n) is 7.33. The van der Waals surface area contributed by atoms with Gasteiger partial charge >= 0.3 is 0 Å². The molecular formula is C23H23ClN6. The van der Waals surface area contributed by atoms with E-state index in [9.17, 15) is 0 Å². The lowest BCUT2D eigenvalue weighted by molar-refractivity contribution is 0.857. The lowest BCUT2D eigenvalue weighted by Crippen LogP contribution is -2.31. The minimum Gasteiger partial charge on any atom is -0.370 e. The summed E-state index contributed by atoms with van der Waals surface area (Å²) in [6.45, 7) is 2.63. The number of hydrogen-bond acceptors (Lipinski definition) is 2. The number of aromatic amines is 1. The number of benzene rings is 3. The predicted octanol–water partition coefficient (Wildman–Crippen LogP) is 4.75. The molecule has 1 heterocycles. The smallest absolute Gasteiger partial charge is 0.185 e. The van der Waals surface area contributed by atoms with Crippen molar-refractivity contribution in [3.63, 3.8) is 0 Å². The summed E-state index contributed by atoms with van der Waals surface area (Å²) in [6, 6.07) is 17.6. The molecule has 7 N–H and O–H groups in total. The van der Waals surface area contributed by atoms with E-state index in [-0.39, 0.29) is 5.96 Å². The Hall–Kier alpha value is -3.51. The largest absolute Gasteiger partial charge is 0.370 e. The average Bonchev–Trinajstić information content (AvgIpc) is 3.06. The number of nitrogens with two attached hydrogens (primary N) is 1. The number of H-pyrrole nitrogens is 1. The first-order valence-electron chi connectivity index (χ1n) is 9.65. The molecule has 30 heavy (non-hydrogen) atoms. The lowest BCUT2D eigenvalue weighted by Gasteiger charge is -2.12. The first kappa shape index (κ1) is 19.8. The van der Waals surface area contributed by atoms with E-state index in [0.29, 0.717) is 23.8 Å².